The summed E-state index contributed by atoms with van der Waals surface area (Å²) in [4.78, 5) is 0.292. The summed E-state index contributed by atoms with van der Waals surface area (Å²) in [7, 11) is -3.72. The highest BCUT2D eigenvalue weighted by Gasteiger charge is 2.58. The van der Waals surface area contributed by atoms with Crippen LogP contribution in [0.15, 0.2) is 29.2 Å². The number of hydrogen-bond donors (Lipinski definition) is 0. The van der Waals surface area contributed by atoms with E-state index >= 15 is 0 Å². The van der Waals surface area contributed by atoms with Gasteiger partial charge in [-0.15, -0.1) is 0 Å². The average molecular weight is 473 g/mol. The van der Waals surface area contributed by atoms with E-state index in [-0.39, 0.29) is 11.5 Å². The summed E-state index contributed by atoms with van der Waals surface area (Å²) < 4.78 is 32.0. The highest BCUT2D eigenvalue weighted by atomic mass is 32.2. The van der Waals surface area contributed by atoms with Gasteiger partial charge < -0.3 is 0 Å². The van der Waals surface area contributed by atoms with Crippen LogP contribution in [-0.2, 0) is 19.7 Å². The minimum Gasteiger partial charge on any atom is -0.263 e. The third-order valence-corrected chi connectivity index (χ3v) is 12.0. The Morgan fingerprint density at radius 3 is 2.30 bits per heavy atom. The fourth-order valence-electron chi connectivity index (χ4n) is 8.66. The third-order valence-electron chi connectivity index (χ3n) is 10.7. The summed E-state index contributed by atoms with van der Waals surface area (Å²) in [6.45, 7) is 11.5. The smallest absolute Gasteiger partial charge is 0.263 e. The first-order chi connectivity index (χ1) is 15.4. The van der Waals surface area contributed by atoms with Gasteiger partial charge >= 0.3 is 0 Å². The van der Waals surface area contributed by atoms with Crippen molar-refractivity contribution in [2.24, 2.45) is 34.5 Å². The Balaban J connectivity index is 1.27. The molecule has 0 N–H and O–H groups in total. The van der Waals surface area contributed by atoms with Gasteiger partial charge in [-0.25, -0.2) is 0 Å². The molecule has 33 heavy (non-hydrogen) atoms. The van der Waals surface area contributed by atoms with Crippen LogP contribution in [0.5, 0.6) is 0 Å². The van der Waals surface area contributed by atoms with Crippen LogP contribution in [-0.4, -0.2) is 14.5 Å². The molecule has 3 nitrogen and oxygen atoms in total. The van der Waals surface area contributed by atoms with Crippen LogP contribution in [0.3, 0.4) is 0 Å². The quantitative estimate of drug-likeness (QED) is 0.428. The van der Waals surface area contributed by atoms with Crippen LogP contribution in [0.4, 0.5) is 0 Å². The van der Waals surface area contributed by atoms with Crippen LogP contribution in [0.25, 0.3) is 0 Å². The molecule has 4 aliphatic rings. The Morgan fingerprint density at radius 2 is 1.61 bits per heavy atom. The summed E-state index contributed by atoms with van der Waals surface area (Å²) in [5.74, 6) is 3.26. The molecular formula is C29H44O3S. The zero-order valence-electron chi connectivity index (χ0n) is 21.4. The monoisotopic (exact) mass is 472 g/mol. The predicted octanol–water partition coefficient (Wildman–Crippen LogP) is 7.49. The summed E-state index contributed by atoms with van der Waals surface area (Å²) >= 11 is 0. The highest BCUT2D eigenvalue weighted by Crippen LogP contribution is 2.66. The second-order valence-electron chi connectivity index (χ2n) is 13.5. The molecular weight excluding hydrogens is 428 g/mol. The minimum absolute atomic E-state index is 0.00483. The molecule has 0 spiro atoms. The molecule has 0 aliphatic heterocycles. The van der Waals surface area contributed by atoms with Crippen LogP contribution in [0.2, 0.25) is 0 Å². The lowest BCUT2D eigenvalue weighted by Crippen LogP contribution is -2.53. The fourth-order valence-corrected chi connectivity index (χ4v) is 9.77. The summed E-state index contributed by atoms with van der Waals surface area (Å²) in [6.07, 6.45) is 12.4. The molecule has 0 aromatic heterocycles. The topological polar surface area (TPSA) is 43.4 Å². The van der Waals surface area contributed by atoms with Gasteiger partial charge in [-0.3, -0.25) is 4.18 Å². The van der Waals surface area contributed by atoms with E-state index in [0.29, 0.717) is 21.6 Å². The first kappa shape index (κ1) is 23.9. The lowest BCUT2D eigenvalue weighted by atomic mass is 9.45. The fraction of sp³-hybridized carbons (Fsp3) is 0.793. The number of benzene rings is 1. The van der Waals surface area contributed by atoms with E-state index in [2.05, 4.69) is 34.6 Å². The molecule has 4 fully saturated rings. The molecule has 0 bridgehead atoms. The summed E-state index contributed by atoms with van der Waals surface area (Å²) in [6, 6.07) is 7.29. The molecule has 4 heteroatoms. The maximum atomic E-state index is 13.1. The van der Waals surface area contributed by atoms with Crippen LogP contribution >= 0.6 is 0 Å². The largest absolute Gasteiger partial charge is 0.297 e. The number of rotatable bonds is 3. The van der Waals surface area contributed by atoms with Crippen molar-refractivity contribution < 1.29 is 12.6 Å². The van der Waals surface area contributed by atoms with Gasteiger partial charge in [0.1, 0.15) is 0 Å². The van der Waals surface area contributed by atoms with E-state index in [9.17, 15) is 8.42 Å². The molecule has 184 valence electrons. The van der Waals surface area contributed by atoms with Gasteiger partial charge in [0.25, 0.3) is 10.1 Å². The van der Waals surface area contributed by atoms with Crippen molar-refractivity contribution >= 4 is 10.1 Å². The summed E-state index contributed by atoms with van der Waals surface area (Å²) in [5, 5.41) is 0. The zero-order chi connectivity index (χ0) is 23.6. The van der Waals surface area contributed by atoms with Gasteiger partial charge in [-0.2, -0.15) is 8.42 Å². The van der Waals surface area contributed by atoms with Gasteiger partial charge in [0.05, 0.1) is 11.0 Å². The Labute approximate surface area is 202 Å². The molecule has 1 aromatic carbocycles. The van der Waals surface area contributed by atoms with Crippen molar-refractivity contribution in [2.75, 3.05) is 0 Å². The maximum Gasteiger partial charge on any atom is 0.297 e. The van der Waals surface area contributed by atoms with E-state index < -0.39 is 10.1 Å². The Kier molecular flexibility index (Phi) is 5.84. The highest BCUT2D eigenvalue weighted by molar-refractivity contribution is 7.86. The van der Waals surface area contributed by atoms with Crippen molar-refractivity contribution in [3.63, 3.8) is 0 Å². The van der Waals surface area contributed by atoms with E-state index in [1.165, 1.54) is 44.9 Å². The first-order valence-electron chi connectivity index (χ1n) is 13.5. The van der Waals surface area contributed by atoms with Crippen molar-refractivity contribution in [3.05, 3.63) is 29.8 Å². The third kappa shape index (κ3) is 4.11. The van der Waals surface area contributed by atoms with Crippen molar-refractivity contribution in [2.45, 2.75) is 115 Å². The van der Waals surface area contributed by atoms with Crippen LogP contribution in [0, 0.1) is 34.5 Å². The van der Waals surface area contributed by atoms with E-state index in [4.69, 9.17) is 4.18 Å². The zero-order valence-corrected chi connectivity index (χ0v) is 22.2. The van der Waals surface area contributed by atoms with Crippen molar-refractivity contribution in [1.29, 1.82) is 0 Å². The van der Waals surface area contributed by atoms with Gasteiger partial charge in [-0.1, -0.05) is 53.2 Å². The normalized spacial score (nSPS) is 41.2. The van der Waals surface area contributed by atoms with Gasteiger partial charge in [-0.05, 0) is 115 Å². The van der Waals surface area contributed by atoms with Gasteiger partial charge in [0.15, 0.2) is 0 Å². The van der Waals surface area contributed by atoms with E-state index in [0.717, 1.165) is 42.6 Å². The molecule has 0 radical (unpaired) electrons. The second kappa shape index (κ2) is 8.08. The van der Waals surface area contributed by atoms with Crippen LogP contribution < -0.4 is 0 Å². The molecule has 4 aliphatic carbocycles. The molecule has 0 heterocycles. The average Bonchev–Trinajstić information content (AvgIpc) is 3.15. The summed E-state index contributed by atoms with van der Waals surface area (Å²) in [5.41, 5.74) is 2.11. The molecule has 0 saturated heterocycles. The number of fused-ring (bicyclic) bond motifs is 5. The molecule has 1 aromatic rings. The van der Waals surface area contributed by atoms with Crippen LogP contribution in [0.1, 0.15) is 104 Å². The van der Waals surface area contributed by atoms with E-state index in [1.807, 2.05) is 12.1 Å². The second-order valence-corrected chi connectivity index (χ2v) is 15.0. The minimum atomic E-state index is -3.72. The predicted molar refractivity (Wildman–Crippen MR) is 134 cm³/mol. The molecule has 7 atom stereocenters. The Bertz CT molecular complexity index is 975. The Morgan fingerprint density at radius 1 is 0.879 bits per heavy atom. The van der Waals surface area contributed by atoms with Gasteiger partial charge in [0, 0.05) is 0 Å². The lowest BCUT2D eigenvalue weighted by molar-refractivity contribution is -0.117. The molecule has 4 saturated carbocycles. The molecule has 0 unspecified atom stereocenters. The SMILES string of the molecule is CC(C)(C)c1ccc(S(=O)(=O)O[C@@H]2CC[C@@]3(C)[C@@H](CC[C@@H]4[C@H]5CCC[C@@]5(C)CC[C@H]43)C2)cc1. The molecule has 5 rings (SSSR count). The first-order valence-corrected chi connectivity index (χ1v) is 14.9. The number of hydrogen-bond acceptors (Lipinski definition) is 3. The van der Waals surface area contributed by atoms with Gasteiger partial charge in [0.2, 0.25) is 0 Å². The van der Waals surface area contributed by atoms with Crippen molar-refractivity contribution in [3.8, 4) is 0 Å². The molecule has 0 amide bonds. The lowest BCUT2D eigenvalue weighted by Gasteiger charge is -2.60. The Hall–Kier alpha value is -0.870. The van der Waals surface area contributed by atoms with E-state index in [1.54, 1.807) is 12.1 Å². The standard InChI is InChI=1S/C29H44O3S/c1-27(2,3)20-8-11-23(12-9-20)33(30,31)32-22-14-18-29(5)21(19-22)10-13-24-25-7-6-16-28(25,4)17-15-26(24)29/h8-9,11-12,21-22,24-26H,6-7,10,13-19H2,1-5H3/t21-,22+,24+,25+,26+,28-,29-/m0/s1. The van der Waals surface area contributed by atoms with Crippen molar-refractivity contribution in [1.82, 2.24) is 0 Å². The maximum absolute atomic E-state index is 13.1.